The molecule has 1 amide bonds. The van der Waals surface area contributed by atoms with Crippen molar-refractivity contribution in [3.63, 3.8) is 0 Å². The Morgan fingerprint density at radius 1 is 0.935 bits per heavy atom. The minimum atomic E-state index is -0.713. The van der Waals surface area contributed by atoms with Gasteiger partial charge in [-0.05, 0) is 30.8 Å². The van der Waals surface area contributed by atoms with Crippen molar-refractivity contribution in [2.75, 3.05) is 51.8 Å². The molecule has 0 saturated carbocycles. The van der Waals surface area contributed by atoms with Crippen molar-refractivity contribution in [2.45, 2.75) is 6.92 Å². The Hall–Kier alpha value is -3.39. The lowest BCUT2D eigenvalue weighted by molar-refractivity contribution is -0.139. The summed E-state index contributed by atoms with van der Waals surface area (Å²) in [6, 6.07) is 7.02. The molecule has 0 spiro atoms. The summed E-state index contributed by atoms with van der Waals surface area (Å²) in [6.45, 7) is 5.95. The molecule has 1 fully saturated rings. The van der Waals surface area contributed by atoms with Gasteiger partial charge in [-0.3, -0.25) is 4.79 Å². The molecule has 164 valence electrons. The first-order chi connectivity index (χ1) is 15.0. The van der Waals surface area contributed by atoms with Gasteiger partial charge in [0.1, 0.15) is 5.70 Å². The molecule has 8 heteroatoms. The van der Waals surface area contributed by atoms with Gasteiger partial charge < -0.3 is 24.2 Å². The van der Waals surface area contributed by atoms with E-state index in [9.17, 15) is 14.4 Å². The Morgan fingerprint density at radius 2 is 1.61 bits per heavy atom. The van der Waals surface area contributed by atoms with Crippen LogP contribution in [0, 0.1) is 0 Å². The zero-order valence-electron chi connectivity index (χ0n) is 18.0. The molecule has 3 rings (SSSR count). The molecule has 8 nitrogen and oxygen atoms in total. The van der Waals surface area contributed by atoms with Crippen LogP contribution >= 0.6 is 0 Å². The van der Waals surface area contributed by atoms with Gasteiger partial charge in [-0.15, -0.1) is 0 Å². The van der Waals surface area contributed by atoms with E-state index in [1.165, 1.54) is 25.2 Å². The van der Waals surface area contributed by atoms with Crippen molar-refractivity contribution in [1.29, 1.82) is 0 Å². The molecule has 0 aliphatic carbocycles. The predicted molar refractivity (Wildman–Crippen MR) is 116 cm³/mol. The van der Waals surface area contributed by atoms with Crippen LogP contribution in [0.4, 0.5) is 5.69 Å². The van der Waals surface area contributed by atoms with E-state index in [0.29, 0.717) is 24.3 Å². The van der Waals surface area contributed by atoms with Crippen LogP contribution in [0.5, 0.6) is 0 Å². The third-order valence-electron chi connectivity index (χ3n) is 5.39. The molecule has 1 aromatic carbocycles. The third kappa shape index (κ3) is 4.69. The zero-order valence-corrected chi connectivity index (χ0v) is 18.0. The van der Waals surface area contributed by atoms with Gasteiger partial charge in [0.05, 0.1) is 31.0 Å². The first kappa shape index (κ1) is 22.3. The van der Waals surface area contributed by atoms with E-state index in [-0.39, 0.29) is 17.2 Å². The summed E-state index contributed by atoms with van der Waals surface area (Å²) >= 11 is 0. The second-order valence-electron chi connectivity index (χ2n) is 7.06. The highest BCUT2D eigenvalue weighted by molar-refractivity contribution is 6.07. The van der Waals surface area contributed by atoms with Crippen molar-refractivity contribution < 1.29 is 23.9 Å². The number of carbonyl (C=O) groups is 3. The summed E-state index contributed by atoms with van der Waals surface area (Å²) in [4.78, 5) is 44.1. The second kappa shape index (κ2) is 10.1. The van der Waals surface area contributed by atoms with Crippen molar-refractivity contribution in [3.05, 3.63) is 65.5 Å². The summed E-state index contributed by atoms with van der Waals surface area (Å²) in [5.41, 5.74) is 0.936. The van der Waals surface area contributed by atoms with Gasteiger partial charge in [-0.1, -0.05) is 25.1 Å². The molecule has 0 aromatic heterocycles. The number of benzene rings is 1. The fourth-order valence-electron chi connectivity index (χ4n) is 3.65. The van der Waals surface area contributed by atoms with Crippen LogP contribution in [0.1, 0.15) is 17.3 Å². The molecule has 0 bridgehead atoms. The molecule has 0 atom stereocenters. The minimum Gasteiger partial charge on any atom is -0.465 e. The van der Waals surface area contributed by atoms with Crippen LogP contribution in [0.3, 0.4) is 0 Å². The summed E-state index contributed by atoms with van der Waals surface area (Å²) in [5.74, 6) is -1.51. The van der Waals surface area contributed by atoms with Gasteiger partial charge in [-0.25, -0.2) is 9.59 Å². The number of carbonyl (C=O) groups excluding carboxylic acids is 3. The Balaban J connectivity index is 2.04. The molecule has 0 radical (unpaired) electrons. The highest BCUT2D eigenvalue weighted by Crippen LogP contribution is 2.30. The average Bonchev–Trinajstić information content (AvgIpc) is 3.05. The Morgan fingerprint density at radius 3 is 2.26 bits per heavy atom. The summed E-state index contributed by atoms with van der Waals surface area (Å²) in [7, 11) is 2.49. The van der Waals surface area contributed by atoms with Gasteiger partial charge in [0.2, 0.25) is 0 Å². The van der Waals surface area contributed by atoms with Gasteiger partial charge in [0.25, 0.3) is 5.91 Å². The number of amides is 1. The van der Waals surface area contributed by atoms with Crippen LogP contribution in [0.15, 0.2) is 60.0 Å². The largest absolute Gasteiger partial charge is 0.465 e. The topological polar surface area (TPSA) is 79.4 Å². The average molecular weight is 425 g/mol. The number of esters is 2. The Kier molecular flexibility index (Phi) is 7.25. The lowest BCUT2D eigenvalue weighted by atomic mass is 10.1. The molecule has 1 aromatic rings. The highest BCUT2D eigenvalue weighted by Gasteiger charge is 2.31. The van der Waals surface area contributed by atoms with Crippen molar-refractivity contribution >= 4 is 23.5 Å². The van der Waals surface area contributed by atoms with E-state index in [2.05, 4.69) is 11.8 Å². The number of para-hydroxylation sites is 1. The Bertz CT molecular complexity index is 942. The maximum Gasteiger partial charge on any atom is 0.355 e. The number of piperazine rings is 1. The van der Waals surface area contributed by atoms with E-state index >= 15 is 0 Å². The van der Waals surface area contributed by atoms with Crippen LogP contribution < -0.4 is 4.90 Å². The number of allylic oxidation sites excluding steroid dienone is 2. The van der Waals surface area contributed by atoms with Gasteiger partial charge in [0.15, 0.2) is 0 Å². The second-order valence-corrected chi connectivity index (χ2v) is 7.06. The Labute approximate surface area is 182 Å². The summed E-state index contributed by atoms with van der Waals surface area (Å²) < 4.78 is 9.81. The maximum absolute atomic E-state index is 13.4. The van der Waals surface area contributed by atoms with Crippen LogP contribution in [-0.4, -0.2) is 74.6 Å². The third-order valence-corrected chi connectivity index (χ3v) is 5.39. The molecule has 2 aliphatic rings. The normalized spacial score (nSPS) is 16.9. The van der Waals surface area contributed by atoms with Crippen LogP contribution in [-0.2, 0) is 19.1 Å². The standard InChI is InChI=1S/C23H27N3O5/c1-4-24-13-15-25(16-14-24)21(27)17-9-5-6-11-19(17)26-12-8-7-10-18(22(28)30-2)20(26)23(29)31-3/h5-12H,4,13-16H2,1-3H3. The van der Waals surface area contributed by atoms with Gasteiger partial charge >= 0.3 is 11.9 Å². The molecular weight excluding hydrogens is 398 g/mol. The lowest BCUT2D eigenvalue weighted by Gasteiger charge is -2.35. The SMILES string of the molecule is CCN1CCN(C(=O)c2ccccc2N2C=CC=CC(C(=O)OC)=C2C(=O)OC)CC1. The first-order valence-corrected chi connectivity index (χ1v) is 10.2. The first-order valence-electron chi connectivity index (χ1n) is 10.2. The lowest BCUT2D eigenvalue weighted by Crippen LogP contribution is -2.48. The van der Waals surface area contributed by atoms with Crippen LogP contribution in [0.2, 0.25) is 0 Å². The van der Waals surface area contributed by atoms with Crippen molar-refractivity contribution in [1.82, 2.24) is 9.80 Å². The molecule has 2 heterocycles. The number of anilines is 1. The molecule has 0 unspecified atom stereocenters. The van der Waals surface area contributed by atoms with Gasteiger partial charge in [0, 0.05) is 32.4 Å². The van der Waals surface area contributed by atoms with E-state index < -0.39 is 11.9 Å². The number of nitrogens with zero attached hydrogens (tertiary/aromatic N) is 3. The zero-order chi connectivity index (χ0) is 22.4. The number of methoxy groups -OCH3 is 2. The number of ether oxygens (including phenoxy) is 2. The van der Waals surface area contributed by atoms with Crippen molar-refractivity contribution in [3.8, 4) is 0 Å². The summed E-state index contributed by atoms with van der Waals surface area (Å²) in [5, 5.41) is 0. The quantitative estimate of drug-likeness (QED) is 0.667. The monoisotopic (exact) mass is 425 g/mol. The number of rotatable bonds is 5. The molecular formula is C23H27N3O5. The molecule has 0 N–H and O–H groups in total. The fraction of sp³-hybridized carbons (Fsp3) is 0.348. The van der Waals surface area contributed by atoms with Crippen LogP contribution in [0.25, 0.3) is 0 Å². The number of likely N-dealkylation sites (N-methyl/N-ethyl adjacent to an activating group) is 1. The van der Waals surface area contributed by atoms with E-state index in [0.717, 1.165) is 19.6 Å². The maximum atomic E-state index is 13.4. The molecule has 1 saturated heterocycles. The van der Waals surface area contributed by atoms with Crippen molar-refractivity contribution in [2.24, 2.45) is 0 Å². The molecule has 2 aliphatic heterocycles. The highest BCUT2D eigenvalue weighted by atomic mass is 16.5. The molecule has 31 heavy (non-hydrogen) atoms. The fourth-order valence-corrected chi connectivity index (χ4v) is 3.65. The van der Waals surface area contributed by atoms with E-state index in [1.54, 1.807) is 42.6 Å². The number of hydrogen-bond donors (Lipinski definition) is 0. The smallest absolute Gasteiger partial charge is 0.355 e. The minimum absolute atomic E-state index is 0.0181. The predicted octanol–water partition coefficient (Wildman–Crippen LogP) is 1.95. The summed E-state index contributed by atoms with van der Waals surface area (Å²) in [6.07, 6.45) is 6.42. The number of hydrogen-bond acceptors (Lipinski definition) is 7. The van der Waals surface area contributed by atoms with E-state index in [1.807, 2.05) is 4.90 Å². The van der Waals surface area contributed by atoms with Gasteiger partial charge in [-0.2, -0.15) is 0 Å². The van der Waals surface area contributed by atoms with E-state index in [4.69, 9.17) is 9.47 Å².